The average molecular weight is 231 g/mol. The Morgan fingerprint density at radius 3 is 2.76 bits per heavy atom. The highest BCUT2D eigenvalue weighted by atomic mass is 16.1. The monoisotopic (exact) mass is 231 g/mol. The van der Waals surface area contributed by atoms with E-state index in [4.69, 9.17) is 0 Å². The number of hydrogen-bond donors (Lipinski definition) is 1. The van der Waals surface area contributed by atoms with Gasteiger partial charge in [0.1, 0.15) is 5.78 Å². The van der Waals surface area contributed by atoms with Crippen LogP contribution in [0.4, 0.5) is 0 Å². The smallest absolute Gasteiger partial charge is 0.131 e. The Bertz CT molecular complexity index is 398. The van der Waals surface area contributed by atoms with Crippen molar-refractivity contribution in [2.75, 3.05) is 6.54 Å². The summed E-state index contributed by atoms with van der Waals surface area (Å²) in [5.74, 6) is 0.253. The predicted octanol–water partition coefficient (Wildman–Crippen LogP) is 2.63. The lowest BCUT2D eigenvalue weighted by Gasteiger charge is -2.16. The van der Waals surface area contributed by atoms with E-state index in [1.807, 2.05) is 0 Å². The van der Waals surface area contributed by atoms with Gasteiger partial charge in [-0.25, -0.2) is 0 Å². The number of hydrogen-bond acceptors (Lipinski definition) is 2. The first-order chi connectivity index (χ1) is 8.25. The highest BCUT2D eigenvalue weighted by molar-refractivity contribution is 5.75. The first kappa shape index (κ1) is 12.3. The van der Waals surface area contributed by atoms with Gasteiger partial charge in [-0.3, -0.25) is 4.79 Å². The maximum atomic E-state index is 10.8. The summed E-state index contributed by atoms with van der Waals surface area (Å²) in [6, 6.07) is 6.82. The van der Waals surface area contributed by atoms with Crippen molar-refractivity contribution < 1.29 is 4.79 Å². The Balaban J connectivity index is 1.86. The van der Waals surface area contributed by atoms with E-state index in [1.165, 1.54) is 42.4 Å². The largest absolute Gasteiger partial charge is 0.312 e. The van der Waals surface area contributed by atoms with Crippen molar-refractivity contribution in [3.8, 4) is 0 Å². The zero-order chi connectivity index (χ0) is 12.1. The highest BCUT2D eigenvalue weighted by Crippen LogP contribution is 2.22. The molecule has 0 aliphatic heterocycles. The van der Waals surface area contributed by atoms with Crippen LogP contribution >= 0.6 is 0 Å². The van der Waals surface area contributed by atoms with Gasteiger partial charge >= 0.3 is 0 Å². The molecule has 0 saturated carbocycles. The number of rotatable bonds is 5. The van der Waals surface area contributed by atoms with Crippen LogP contribution in [-0.4, -0.2) is 12.3 Å². The van der Waals surface area contributed by atoms with Gasteiger partial charge in [0.2, 0.25) is 0 Å². The van der Waals surface area contributed by atoms with Crippen molar-refractivity contribution in [2.45, 2.75) is 45.6 Å². The lowest BCUT2D eigenvalue weighted by molar-refractivity contribution is -0.116. The van der Waals surface area contributed by atoms with Crippen LogP contribution in [0.3, 0.4) is 0 Å². The van der Waals surface area contributed by atoms with Crippen LogP contribution in [0.15, 0.2) is 18.2 Å². The molecule has 17 heavy (non-hydrogen) atoms. The molecule has 92 valence electrons. The summed E-state index contributed by atoms with van der Waals surface area (Å²) in [5.41, 5.74) is 4.40. The highest BCUT2D eigenvalue weighted by Gasteiger charge is 2.08. The van der Waals surface area contributed by atoms with Crippen LogP contribution < -0.4 is 5.32 Å². The van der Waals surface area contributed by atoms with Gasteiger partial charge in [0.25, 0.3) is 0 Å². The van der Waals surface area contributed by atoms with Crippen LogP contribution in [0.2, 0.25) is 0 Å². The van der Waals surface area contributed by atoms with E-state index in [1.54, 1.807) is 6.92 Å². The van der Waals surface area contributed by atoms with Crippen molar-refractivity contribution in [3.63, 3.8) is 0 Å². The lowest BCUT2D eigenvalue weighted by Crippen LogP contribution is -2.17. The molecule has 0 radical (unpaired) electrons. The number of benzene rings is 1. The first-order valence-corrected chi connectivity index (χ1v) is 6.56. The van der Waals surface area contributed by atoms with E-state index in [0.717, 1.165) is 13.1 Å². The van der Waals surface area contributed by atoms with Crippen LogP contribution in [0.25, 0.3) is 0 Å². The Hall–Kier alpha value is -1.15. The lowest BCUT2D eigenvalue weighted by atomic mass is 9.90. The Morgan fingerprint density at radius 2 is 2.00 bits per heavy atom. The zero-order valence-electron chi connectivity index (χ0n) is 10.6. The van der Waals surface area contributed by atoms with Gasteiger partial charge in [0, 0.05) is 19.5 Å². The maximum absolute atomic E-state index is 10.8. The van der Waals surface area contributed by atoms with E-state index in [2.05, 4.69) is 23.5 Å². The van der Waals surface area contributed by atoms with Crippen LogP contribution in [-0.2, 0) is 24.2 Å². The summed E-state index contributed by atoms with van der Waals surface area (Å²) in [4.78, 5) is 10.8. The minimum Gasteiger partial charge on any atom is -0.312 e. The van der Waals surface area contributed by atoms with Gasteiger partial charge in [-0.15, -0.1) is 0 Å². The van der Waals surface area contributed by atoms with Crippen molar-refractivity contribution in [1.82, 2.24) is 5.32 Å². The predicted molar refractivity (Wildman–Crippen MR) is 70.1 cm³/mol. The third-order valence-electron chi connectivity index (χ3n) is 3.40. The maximum Gasteiger partial charge on any atom is 0.131 e. The molecule has 0 saturated heterocycles. The van der Waals surface area contributed by atoms with Crippen LogP contribution in [0, 0.1) is 0 Å². The number of Topliss-reactive ketones (excluding diaryl/α,β-unsaturated/α-hetero) is 1. The van der Waals surface area contributed by atoms with Crippen LogP contribution in [0.1, 0.15) is 42.9 Å². The molecule has 0 unspecified atom stereocenters. The molecule has 2 nitrogen and oxygen atoms in total. The van der Waals surface area contributed by atoms with Crippen molar-refractivity contribution in [3.05, 3.63) is 34.9 Å². The van der Waals surface area contributed by atoms with Gasteiger partial charge in [-0.2, -0.15) is 0 Å². The fourth-order valence-electron chi connectivity index (χ4n) is 2.39. The summed E-state index contributed by atoms with van der Waals surface area (Å²) in [7, 11) is 0. The number of fused-ring (bicyclic) bond motifs is 1. The van der Waals surface area contributed by atoms with Crippen LogP contribution in [0.5, 0.6) is 0 Å². The molecule has 0 fully saturated rings. The molecule has 1 aromatic carbocycles. The van der Waals surface area contributed by atoms with E-state index in [9.17, 15) is 4.79 Å². The number of carbonyl (C=O) groups excluding carboxylic acids is 1. The summed E-state index contributed by atoms with van der Waals surface area (Å²) in [6.07, 6.45) is 5.77. The molecule has 1 N–H and O–H groups in total. The third-order valence-corrected chi connectivity index (χ3v) is 3.40. The van der Waals surface area contributed by atoms with Crippen molar-refractivity contribution in [1.29, 1.82) is 0 Å². The van der Waals surface area contributed by atoms with Gasteiger partial charge in [-0.05, 0) is 49.3 Å². The second kappa shape index (κ2) is 5.97. The van der Waals surface area contributed by atoms with E-state index in [0.29, 0.717) is 6.42 Å². The van der Waals surface area contributed by atoms with Gasteiger partial charge in [0.15, 0.2) is 0 Å². The van der Waals surface area contributed by atoms with Crippen molar-refractivity contribution >= 4 is 5.78 Å². The molecule has 0 atom stereocenters. The summed E-state index contributed by atoms with van der Waals surface area (Å²) in [5, 5.41) is 3.32. The molecule has 0 spiro atoms. The molecular weight excluding hydrogens is 210 g/mol. The minimum absolute atomic E-state index is 0.253. The minimum atomic E-state index is 0.253. The third kappa shape index (κ3) is 3.67. The molecule has 1 aliphatic rings. The normalized spacial score (nSPS) is 14.4. The zero-order valence-corrected chi connectivity index (χ0v) is 10.6. The Kier molecular flexibility index (Phi) is 4.32. The molecule has 1 aromatic rings. The standard InChI is InChI=1S/C15H21NO/c1-12(17)8-9-16-11-13-6-7-14-4-2-3-5-15(14)10-13/h6-7,10,16H,2-5,8-9,11H2,1H3. The molecular formula is C15H21NO. The summed E-state index contributed by atoms with van der Waals surface area (Å²) in [6.45, 7) is 3.30. The molecule has 0 amide bonds. The molecule has 2 heteroatoms. The van der Waals surface area contributed by atoms with Gasteiger partial charge in [0.05, 0.1) is 0 Å². The Labute approximate surface area is 103 Å². The Morgan fingerprint density at radius 1 is 1.24 bits per heavy atom. The fourth-order valence-corrected chi connectivity index (χ4v) is 2.39. The number of nitrogens with one attached hydrogen (secondary N) is 1. The quantitative estimate of drug-likeness (QED) is 0.789. The van der Waals surface area contributed by atoms with E-state index in [-0.39, 0.29) is 5.78 Å². The molecule has 0 aromatic heterocycles. The van der Waals surface area contributed by atoms with Gasteiger partial charge < -0.3 is 5.32 Å². The van der Waals surface area contributed by atoms with E-state index < -0.39 is 0 Å². The number of aryl methyl sites for hydroxylation is 2. The molecule has 0 heterocycles. The number of ketones is 1. The molecule has 2 rings (SSSR count). The van der Waals surface area contributed by atoms with Gasteiger partial charge in [-0.1, -0.05) is 18.2 Å². The summed E-state index contributed by atoms with van der Waals surface area (Å²) < 4.78 is 0. The fraction of sp³-hybridized carbons (Fsp3) is 0.533. The summed E-state index contributed by atoms with van der Waals surface area (Å²) >= 11 is 0. The SMILES string of the molecule is CC(=O)CCNCc1ccc2c(c1)CCCC2. The first-order valence-electron chi connectivity index (χ1n) is 6.56. The second-order valence-corrected chi connectivity index (χ2v) is 4.94. The molecule has 0 bridgehead atoms. The van der Waals surface area contributed by atoms with Crippen molar-refractivity contribution in [2.24, 2.45) is 0 Å². The topological polar surface area (TPSA) is 29.1 Å². The number of carbonyl (C=O) groups is 1. The van der Waals surface area contributed by atoms with E-state index >= 15 is 0 Å². The average Bonchev–Trinajstić information content (AvgIpc) is 2.34. The second-order valence-electron chi connectivity index (χ2n) is 4.94. The molecule has 1 aliphatic carbocycles.